The third kappa shape index (κ3) is 3.27. The Morgan fingerprint density at radius 2 is 2.10 bits per heavy atom. The van der Waals surface area contributed by atoms with Crippen molar-refractivity contribution in [1.29, 1.82) is 0 Å². The van der Waals surface area contributed by atoms with Crippen molar-refractivity contribution in [1.82, 2.24) is 5.32 Å². The Morgan fingerprint density at radius 1 is 1.35 bits per heavy atom. The molecule has 0 aliphatic carbocycles. The van der Waals surface area contributed by atoms with Crippen molar-refractivity contribution in [3.8, 4) is 0 Å². The van der Waals surface area contributed by atoms with Gasteiger partial charge >= 0.3 is 5.97 Å². The number of carbonyl (C=O) groups is 2. The lowest BCUT2D eigenvalue weighted by atomic mass is 10.1. The van der Waals surface area contributed by atoms with E-state index in [0.717, 1.165) is 4.88 Å². The largest absolute Gasteiger partial charge is 0.481 e. The van der Waals surface area contributed by atoms with E-state index in [-0.39, 0.29) is 18.1 Å². The van der Waals surface area contributed by atoms with Crippen LogP contribution < -0.4 is 5.32 Å². The number of amides is 1. The molecule has 5 nitrogen and oxygen atoms in total. The smallest absolute Gasteiger partial charge is 0.311 e. The van der Waals surface area contributed by atoms with E-state index in [2.05, 4.69) is 5.32 Å². The quantitative estimate of drug-likeness (QED) is 0.887. The first kappa shape index (κ1) is 14.3. The number of rotatable bonds is 5. The average Bonchev–Trinajstić information content (AvgIpc) is 2.93. The van der Waals surface area contributed by atoms with Gasteiger partial charge in [0.05, 0.1) is 18.4 Å². The van der Waals surface area contributed by atoms with E-state index < -0.39 is 5.97 Å². The van der Waals surface area contributed by atoms with Gasteiger partial charge in [0.2, 0.25) is 0 Å². The maximum absolute atomic E-state index is 12.1. The molecule has 2 heterocycles. The number of aryl methyl sites for hydroxylation is 2. The van der Waals surface area contributed by atoms with Gasteiger partial charge in [-0.05, 0) is 26.0 Å². The summed E-state index contributed by atoms with van der Waals surface area (Å²) in [6.45, 7) is 4.15. The average molecular weight is 293 g/mol. The number of carboxylic acid groups (broad SMARTS) is 1. The van der Waals surface area contributed by atoms with E-state index in [1.54, 1.807) is 18.3 Å². The molecule has 2 aromatic rings. The van der Waals surface area contributed by atoms with Gasteiger partial charge in [0.25, 0.3) is 5.91 Å². The number of carbonyl (C=O) groups excluding carboxylic acids is 1. The molecule has 0 saturated carbocycles. The van der Waals surface area contributed by atoms with Crippen molar-refractivity contribution in [2.24, 2.45) is 0 Å². The highest BCUT2D eigenvalue weighted by molar-refractivity contribution is 7.11. The zero-order valence-electron chi connectivity index (χ0n) is 11.2. The van der Waals surface area contributed by atoms with E-state index in [9.17, 15) is 9.59 Å². The van der Waals surface area contributed by atoms with Crippen LogP contribution in [0.1, 0.15) is 31.4 Å². The van der Waals surface area contributed by atoms with Gasteiger partial charge in [-0.15, -0.1) is 11.3 Å². The van der Waals surface area contributed by atoms with E-state index in [4.69, 9.17) is 9.52 Å². The maximum atomic E-state index is 12.1. The lowest BCUT2D eigenvalue weighted by Gasteiger charge is -2.04. The van der Waals surface area contributed by atoms with Gasteiger partial charge in [0.1, 0.15) is 12.2 Å². The number of hydrogen-bond acceptors (Lipinski definition) is 4. The Hall–Kier alpha value is -2.08. The van der Waals surface area contributed by atoms with E-state index >= 15 is 0 Å². The van der Waals surface area contributed by atoms with Gasteiger partial charge < -0.3 is 14.8 Å². The second kappa shape index (κ2) is 5.92. The third-order valence-electron chi connectivity index (χ3n) is 2.81. The van der Waals surface area contributed by atoms with Crippen molar-refractivity contribution in [2.45, 2.75) is 26.8 Å². The summed E-state index contributed by atoms with van der Waals surface area (Å²) in [5.41, 5.74) is 0.960. The minimum Gasteiger partial charge on any atom is -0.481 e. The Labute approximate surface area is 120 Å². The van der Waals surface area contributed by atoms with Gasteiger partial charge in [-0.1, -0.05) is 0 Å². The first-order valence-corrected chi connectivity index (χ1v) is 6.91. The summed E-state index contributed by atoms with van der Waals surface area (Å²) in [5, 5.41) is 11.6. The fraction of sp³-hybridized carbons (Fsp3) is 0.286. The second-order valence-electron chi connectivity index (χ2n) is 4.48. The Bertz CT molecular complexity index is 641. The predicted molar refractivity (Wildman–Crippen MR) is 75.0 cm³/mol. The third-order valence-corrected chi connectivity index (χ3v) is 3.81. The number of hydrogen-bond donors (Lipinski definition) is 2. The summed E-state index contributed by atoms with van der Waals surface area (Å²) in [4.78, 5) is 25.1. The first-order chi connectivity index (χ1) is 9.47. The number of nitrogens with one attached hydrogen (secondary N) is 1. The lowest BCUT2D eigenvalue weighted by Crippen LogP contribution is -2.24. The summed E-state index contributed by atoms with van der Waals surface area (Å²) in [6, 6.07) is 3.95. The van der Waals surface area contributed by atoms with Crippen molar-refractivity contribution in [3.05, 3.63) is 45.0 Å². The molecular formula is C14H15NO4S. The van der Waals surface area contributed by atoms with Crippen LogP contribution in [0.15, 0.2) is 22.8 Å². The minimum absolute atomic E-state index is 0.190. The van der Waals surface area contributed by atoms with Crippen LogP contribution in [0.25, 0.3) is 0 Å². The predicted octanol–water partition coefficient (Wildman–Crippen LogP) is 2.52. The standard InChI is InChI=1S/C14H15NO4S/c1-8-7-19-11(5-12(16)17)13(8)14(18)15-6-10-4-3-9(2)20-10/h3-4,7H,5-6H2,1-2H3,(H,15,18)(H,16,17). The molecular weight excluding hydrogens is 278 g/mol. The number of carboxylic acids is 1. The van der Waals surface area contributed by atoms with Gasteiger partial charge in [0.15, 0.2) is 0 Å². The van der Waals surface area contributed by atoms with E-state index in [0.29, 0.717) is 17.7 Å². The molecule has 2 aromatic heterocycles. The monoisotopic (exact) mass is 293 g/mol. The molecule has 0 radical (unpaired) electrons. The topological polar surface area (TPSA) is 79.5 Å². The number of aliphatic carboxylic acids is 1. The van der Waals surface area contributed by atoms with Crippen molar-refractivity contribution >= 4 is 23.2 Å². The normalized spacial score (nSPS) is 10.5. The van der Waals surface area contributed by atoms with Crippen LogP contribution in [0.2, 0.25) is 0 Å². The highest BCUT2D eigenvalue weighted by atomic mass is 32.1. The van der Waals surface area contributed by atoms with Crippen LogP contribution in [0.3, 0.4) is 0 Å². The molecule has 1 amide bonds. The van der Waals surface area contributed by atoms with Crippen LogP contribution in [0.4, 0.5) is 0 Å². The summed E-state index contributed by atoms with van der Waals surface area (Å²) in [6.07, 6.45) is 1.11. The van der Waals surface area contributed by atoms with Gasteiger partial charge in [-0.25, -0.2) is 0 Å². The fourth-order valence-corrected chi connectivity index (χ4v) is 2.74. The Morgan fingerprint density at radius 3 is 2.70 bits per heavy atom. The molecule has 2 rings (SSSR count). The second-order valence-corrected chi connectivity index (χ2v) is 5.85. The van der Waals surface area contributed by atoms with Crippen LogP contribution >= 0.6 is 11.3 Å². The van der Waals surface area contributed by atoms with Crippen LogP contribution in [0.5, 0.6) is 0 Å². The molecule has 0 aliphatic heterocycles. The van der Waals surface area contributed by atoms with Crippen LogP contribution in [-0.2, 0) is 17.8 Å². The number of furan rings is 1. The Kier molecular flexibility index (Phi) is 4.24. The SMILES string of the molecule is Cc1ccc(CNC(=O)c2c(C)coc2CC(=O)O)s1. The van der Waals surface area contributed by atoms with Crippen molar-refractivity contribution < 1.29 is 19.1 Å². The highest BCUT2D eigenvalue weighted by Crippen LogP contribution is 2.18. The molecule has 0 unspecified atom stereocenters. The summed E-state index contributed by atoms with van der Waals surface area (Å²) in [5.74, 6) is -1.14. The number of thiophene rings is 1. The molecule has 0 fully saturated rings. The molecule has 0 saturated heterocycles. The van der Waals surface area contributed by atoms with Gasteiger partial charge in [0, 0.05) is 15.3 Å². The maximum Gasteiger partial charge on any atom is 0.311 e. The van der Waals surface area contributed by atoms with Crippen LogP contribution in [-0.4, -0.2) is 17.0 Å². The summed E-state index contributed by atoms with van der Waals surface area (Å²) >= 11 is 1.61. The van der Waals surface area contributed by atoms with Crippen molar-refractivity contribution in [2.75, 3.05) is 0 Å². The zero-order chi connectivity index (χ0) is 14.7. The molecule has 0 atom stereocenters. The molecule has 0 aromatic carbocycles. The molecule has 2 N–H and O–H groups in total. The molecule has 0 spiro atoms. The summed E-state index contributed by atoms with van der Waals surface area (Å²) in [7, 11) is 0. The van der Waals surface area contributed by atoms with Crippen LogP contribution in [0, 0.1) is 13.8 Å². The Balaban J connectivity index is 2.08. The van der Waals surface area contributed by atoms with E-state index in [1.165, 1.54) is 11.1 Å². The molecule has 20 heavy (non-hydrogen) atoms. The lowest BCUT2D eigenvalue weighted by molar-refractivity contribution is -0.136. The molecule has 6 heteroatoms. The fourth-order valence-electron chi connectivity index (χ4n) is 1.91. The molecule has 106 valence electrons. The minimum atomic E-state index is -1.03. The highest BCUT2D eigenvalue weighted by Gasteiger charge is 2.20. The molecule has 0 aliphatic rings. The van der Waals surface area contributed by atoms with E-state index in [1.807, 2.05) is 19.1 Å². The van der Waals surface area contributed by atoms with Gasteiger partial charge in [-0.2, -0.15) is 0 Å². The summed E-state index contributed by atoms with van der Waals surface area (Å²) < 4.78 is 5.14. The first-order valence-electron chi connectivity index (χ1n) is 6.09. The zero-order valence-corrected chi connectivity index (χ0v) is 12.0. The van der Waals surface area contributed by atoms with Gasteiger partial charge in [-0.3, -0.25) is 9.59 Å². The molecule has 0 bridgehead atoms. The van der Waals surface area contributed by atoms with Crippen molar-refractivity contribution in [3.63, 3.8) is 0 Å².